The summed E-state index contributed by atoms with van der Waals surface area (Å²) in [5, 5.41) is 15.6. The molecule has 1 aromatic carbocycles. The molecule has 12 heteroatoms. The predicted molar refractivity (Wildman–Crippen MR) is 131 cm³/mol. The Morgan fingerprint density at radius 3 is 2.54 bits per heavy atom. The Morgan fingerprint density at radius 1 is 1.23 bits per heavy atom. The number of thiophene rings is 1. The van der Waals surface area contributed by atoms with E-state index >= 15 is 0 Å². The third-order valence-electron chi connectivity index (χ3n) is 5.74. The van der Waals surface area contributed by atoms with Gasteiger partial charge in [-0.15, -0.1) is 11.3 Å². The fourth-order valence-electron chi connectivity index (χ4n) is 4.05. The van der Waals surface area contributed by atoms with Crippen molar-refractivity contribution in [1.29, 1.82) is 0 Å². The van der Waals surface area contributed by atoms with Crippen LogP contribution < -0.4 is 11.2 Å². The molecule has 0 aliphatic heterocycles. The minimum atomic E-state index is -1.24. The van der Waals surface area contributed by atoms with Crippen molar-refractivity contribution in [2.45, 2.75) is 26.8 Å². The van der Waals surface area contributed by atoms with E-state index in [1.54, 1.807) is 24.3 Å². The first-order chi connectivity index (χ1) is 16.6. The lowest BCUT2D eigenvalue weighted by atomic mass is 10.1. The van der Waals surface area contributed by atoms with E-state index in [-0.39, 0.29) is 23.3 Å². The average molecular weight is 500 g/mol. The van der Waals surface area contributed by atoms with E-state index in [0.29, 0.717) is 32.8 Å². The summed E-state index contributed by atoms with van der Waals surface area (Å²) in [7, 11) is 4.15. The van der Waals surface area contributed by atoms with Crippen LogP contribution in [0.25, 0.3) is 21.1 Å². The number of hydrogen-bond acceptors (Lipinski definition) is 7. The summed E-state index contributed by atoms with van der Waals surface area (Å²) >= 11 is 1.16. The van der Waals surface area contributed by atoms with Gasteiger partial charge in [0, 0.05) is 37.3 Å². The van der Waals surface area contributed by atoms with Gasteiger partial charge >= 0.3 is 11.8 Å². The molecule has 0 atom stereocenters. The minimum Gasteiger partial charge on any atom is -0.463 e. The molecule has 3 heterocycles. The second-order valence-electron chi connectivity index (χ2n) is 8.55. The Hall–Kier alpha value is -3.77. The fourth-order valence-corrected chi connectivity index (χ4v) is 5.34. The van der Waals surface area contributed by atoms with Crippen molar-refractivity contribution in [3.8, 4) is 0 Å². The molecule has 184 valence electrons. The lowest BCUT2D eigenvalue weighted by Crippen LogP contribution is -2.39. The minimum absolute atomic E-state index is 0.0811. The standard InChI is InChI=1S/C23H25N5O6S/c1-12(2)11-27-21-18(19(29)25(3)22(27)31)17(20(30)26(4)34-5)16(35-21)10-14-13-8-6-7-9-15(13)28(24-14)23(32)33/h6-9,12H,10-11H2,1-5H3,(H,32,33). The van der Waals surface area contributed by atoms with Crippen LogP contribution in [0.1, 0.15) is 34.8 Å². The molecule has 0 aliphatic rings. The maximum absolute atomic E-state index is 13.4. The number of fused-ring (bicyclic) bond motifs is 2. The third kappa shape index (κ3) is 4.04. The fraction of sp³-hybridized carbons (Fsp3) is 0.348. The van der Waals surface area contributed by atoms with Gasteiger partial charge in [0.05, 0.1) is 29.3 Å². The molecule has 0 fully saturated rings. The highest BCUT2D eigenvalue weighted by molar-refractivity contribution is 7.19. The van der Waals surface area contributed by atoms with Crippen LogP contribution in [0.2, 0.25) is 0 Å². The van der Waals surface area contributed by atoms with Crippen LogP contribution in [0.4, 0.5) is 4.79 Å². The van der Waals surface area contributed by atoms with E-state index in [4.69, 9.17) is 4.84 Å². The summed E-state index contributed by atoms with van der Waals surface area (Å²) in [4.78, 5) is 57.3. The van der Waals surface area contributed by atoms with Gasteiger partial charge in [-0.2, -0.15) is 9.78 Å². The number of carboxylic acid groups (broad SMARTS) is 1. The van der Waals surface area contributed by atoms with Gasteiger partial charge in [0.15, 0.2) is 0 Å². The zero-order chi connectivity index (χ0) is 25.6. The number of amides is 1. The smallest absolute Gasteiger partial charge is 0.432 e. The molecule has 35 heavy (non-hydrogen) atoms. The van der Waals surface area contributed by atoms with Crippen molar-refractivity contribution >= 4 is 44.5 Å². The van der Waals surface area contributed by atoms with Gasteiger partial charge in [0.1, 0.15) is 4.83 Å². The number of carbonyl (C=O) groups excluding carboxylic acids is 1. The number of hydrogen-bond donors (Lipinski definition) is 1. The van der Waals surface area contributed by atoms with Crippen LogP contribution in [0.3, 0.4) is 0 Å². The normalized spacial score (nSPS) is 11.6. The van der Waals surface area contributed by atoms with Crippen LogP contribution in [0.15, 0.2) is 33.9 Å². The summed E-state index contributed by atoms with van der Waals surface area (Å²) in [6.45, 7) is 4.26. The molecule has 3 aromatic heterocycles. The lowest BCUT2D eigenvalue weighted by Gasteiger charge is -2.15. The zero-order valence-corrected chi connectivity index (χ0v) is 20.8. The summed E-state index contributed by atoms with van der Waals surface area (Å²) < 4.78 is 3.39. The third-order valence-corrected chi connectivity index (χ3v) is 6.95. The largest absolute Gasteiger partial charge is 0.463 e. The van der Waals surface area contributed by atoms with Gasteiger partial charge < -0.3 is 5.11 Å². The maximum Gasteiger partial charge on any atom is 0.432 e. The van der Waals surface area contributed by atoms with Crippen molar-refractivity contribution in [3.05, 3.63) is 61.2 Å². The highest BCUT2D eigenvalue weighted by Gasteiger charge is 2.29. The zero-order valence-electron chi connectivity index (χ0n) is 19.9. The van der Waals surface area contributed by atoms with Crippen LogP contribution in [0.5, 0.6) is 0 Å². The van der Waals surface area contributed by atoms with E-state index in [2.05, 4.69) is 5.10 Å². The molecule has 1 N–H and O–H groups in total. The number of para-hydroxylation sites is 1. The van der Waals surface area contributed by atoms with Crippen LogP contribution in [-0.4, -0.2) is 55.2 Å². The highest BCUT2D eigenvalue weighted by atomic mass is 32.1. The van der Waals surface area contributed by atoms with Gasteiger partial charge in [0.2, 0.25) is 0 Å². The first-order valence-corrected chi connectivity index (χ1v) is 11.7. The SMILES string of the molecule is CON(C)C(=O)c1c(Cc2nn(C(=O)O)c3ccccc23)sc2c1c(=O)n(C)c(=O)n2CC(C)C. The van der Waals surface area contributed by atoms with Gasteiger partial charge in [-0.25, -0.2) is 14.7 Å². The number of nitrogens with zero attached hydrogens (tertiary/aromatic N) is 5. The summed E-state index contributed by atoms with van der Waals surface area (Å²) in [6, 6.07) is 6.88. The number of benzene rings is 1. The summed E-state index contributed by atoms with van der Waals surface area (Å²) in [6.07, 6.45) is -1.16. The molecule has 0 unspecified atom stereocenters. The lowest BCUT2D eigenvalue weighted by molar-refractivity contribution is -0.0756. The van der Waals surface area contributed by atoms with Crippen molar-refractivity contribution in [3.63, 3.8) is 0 Å². The molecule has 0 saturated heterocycles. The maximum atomic E-state index is 13.4. The molecular weight excluding hydrogens is 474 g/mol. The van der Waals surface area contributed by atoms with Crippen molar-refractivity contribution in [2.75, 3.05) is 14.2 Å². The van der Waals surface area contributed by atoms with Crippen LogP contribution >= 0.6 is 11.3 Å². The summed E-state index contributed by atoms with van der Waals surface area (Å²) in [5.41, 5.74) is -0.102. The quantitative estimate of drug-likeness (QED) is 0.404. The van der Waals surface area contributed by atoms with E-state index in [0.717, 1.165) is 25.6 Å². The Morgan fingerprint density at radius 2 is 1.91 bits per heavy atom. The second-order valence-corrected chi connectivity index (χ2v) is 9.64. The molecule has 0 bridgehead atoms. The monoisotopic (exact) mass is 499 g/mol. The molecule has 1 amide bonds. The number of carbonyl (C=O) groups is 2. The molecule has 0 aliphatic carbocycles. The molecular formula is C23H25N5O6S. The first kappa shape index (κ1) is 24.4. The van der Waals surface area contributed by atoms with E-state index in [9.17, 15) is 24.3 Å². The Balaban J connectivity index is 2.05. The predicted octanol–water partition coefficient (Wildman–Crippen LogP) is 2.52. The summed E-state index contributed by atoms with van der Waals surface area (Å²) in [5.74, 6) is -0.447. The molecule has 11 nitrogen and oxygen atoms in total. The average Bonchev–Trinajstić information content (AvgIpc) is 3.38. The molecule has 4 rings (SSSR count). The number of rotatable bonds is 6. The Labute approximate surface area is 203 Å². The molecule has 0 saturated carbocycles. The van der Waals surface area contributed by atoms with Gasteiger partial charge in [-0.3, -0.25) is 23.6 Å². The van der Waals surface area contributed by atoms with Crippen molar-refractivity contribution in [1.82, 2.24) is 24.0 Å². The van der Waals surface area contributed by atoms with Crippen molar-refractivity contribution < 1.29 is 19.5 Å². The van der Waals surface area contributed by atoms with Gasteiger partial charge in [-0.05, 0) is 12.0 Å². The topological polar surface area (TPSA) is 129 Å². The second kappa shape index (κ2) is 9.12. The molecule has 0 radical (unpaired) electrons. The van der Waals surface area contributed by atoms with Gasteiger partial charge in [-0.1, -0.05) is 32.0 Å². The van der Waals surface area contributed by atoms with Crippen molar-refractivity contribution in [2.24, 2.45) is 13.0 Å². The van der Waals surface area contributed by atoms with Crippen LogP contribution in [-0.2, 0) is 24.9 Å². The van der Waals surface area contributed by atoms with Crippen LogP contribution in [0, 0.1) is 5.92 Å². The Kier molecular flexibility index (Phi) is 6.34. The number of hydroxylamine groups is 2. The number of aromatic nitrogens is 4. The Bertz CT molecular complexity index is 1590. The molecule has 4 aromatic rings. The molecule has 0 spiro atoms. The van der Waals surface area contributed by atoms with E-state index in [1.165, 1.54) is 25.8 Å². The highest BCUT2D eigenvalue weighted by Crippen LogP contribution is 2.33. The van der Waals surface area contributed by atoms with E-state index < -0.39 is 23.2 Å². The van der Waals surface area contributed by atoms with E-state index in [1.807, 2.05) is 13.8 Å². The van der Waals surface area contributed by atoms with Gasteiger partial charge in [0.25, 0.3) is 11.5 Å². The first-order valence-electron chi connectivity index (χ1n) is 10.8.